The normalized spacial score (nSPS) is 14.8. The van der Waals surface area contributed by atoms with Gasteiger partial charge in [-0.15, -0.1) is 0 Å². The zero-order chi connectivity index (χ0) is 14.1. The van der Waals surface area contributed by atoms with Gasteiger partial charge in [0.2, 0.25) is 0 Å². The van der Waals surface area contributed by atoms with Crippen LogP contribution < -0.4 is 4.74 Å². The molecule has 0 N–H and O–H groups in total. The fourth-order valence-corrected chi connectivity index (χ4v) is 3.88. The fourth-order valence-electron chi connectivity index (χ4n) is 2.67. The molecule has 1 unspecified atom stereocenters. The van der Waals surface area contributed by atoms with Crippen LogP contribution in [0.1, 0.15) is 27.1 Å². The molecule has 1 nitrogen and oxygen atoms in total. The van der Waals surface area contributed by atoms with Crippen molar-refractivity contribution in [2.24, 2.45) is 0 Å². The summed E-state index contributed by atoms with van der Waals surface area (Å²) < 4.78 is 6.95. The van der Waals surface area contributed by atoms with Gasteiger partial charge in [0, 0.05) is 21.3 Å². The Bertz CT molecular complexity index is 637. The summed E-state index contributed by atoms with van der Waals surface area (Å²) in [6.07, 6.45) is 1.98. The van der Waals surface area contributed by atoms with Gasteiger partial charge in [0.1, 0.15) is 5.75 Å². The third-order valence-corrected chi connectivity index (χ3v) is 5.05. The summed E-state index contributed by atoms with van der Waals surface area (Å²) in [5.41, 5.74) is 5.27. The molecule has 2 aromatic rings. The van der Waals surface area contributed by atoms with Crippen LogP contribution in [0, 0.1) is 6.92 Å². The molecule has 1 aliphatic heterocycles. The molecular formula is C17H16Br2O. The predicted molar refractivity (Wildman–Crippen MR) is 89.9 cm³/mol. The second-order valence-electron chi connectivity index (χ2n) is 5.18. The highest BCUT2D eigenvalue weighted by Gasteiger charge is 2.22. The number of aryl methyl sites for hydroxylation is 1. The molecule has 0 spiro atoms. The smallest absolute Gasteiger partial charge is 0.127 e. The van der Waals surface area contributed by atoms with E-state index < -0.39 is 0 Å². The number of hydrogen-bond acceptors (Lipinski definition) is 1. The lowest BCUT2D eigenvalue weighted by Gasteiger charge is -2.16. The van der Waals surface area contributed by atoms with E-state index in [0.29, 0.717) is 0 Å². The lowest BCUT2D eigenvalue weighted by Crippen LogP contribution is -2.00. The molecule has 3 rings (SSSR count). The third-order valence-electron chi connectivity index (χ3n) is 3.77. The molecule has 3 heteroatoms. The highest BCUT2D eigenvalue weighted by molar-refractivity contribution is 9.10. The van der Waals surface area contributed by atoms with Gasteiger partial charge in [0.25, 0.3) is 0 Å². The minimum atomic E-state index is 0.271. The van der Waals surface area contributed by atoms with Gasteiger partial charge in [-0.2, -0.15) is 0 Å². The average molecular weight is 396 g/mol. The van der Waals surface area contributed by atoms with Gasteiger partial charge in [0.05, 0.1) is 6.61 Å². The Labute approximate surface area is 136 Å². The Morgan fingerprint density at radius 2 is 2.05 bits per heavy atom. The monoisotopic (exact) mass is 394 g/mol. The molecule has 20 heavy (non-hydrogen) atoms. The molecule has 1 atom stereocenters. The number of rotatable bonds is 3. The molecule has 0 saturated heterocycles. The van der Waals surface area contributed by atoms with E-state index in [-0.39, 0.29) is 4.83 Å². The Hall–Kier alpha value is -0.800. The van der Waals surface area contributed by atoms with Crippen LogP contribution in [0.25, 0.3) is 0 Å². The summed E-state index contributed by atoms with van der Waals surface area (Å²) in [6.45, 7) is 2.96. The van der Waals surface area contributed by atoms with Crippen molar-refractivity contribution >= 4 is 31.9 Å². The quantitative estimate of drug-likeness (QED) is 0.634. The minimum absolute atomic E-state index is 0.271. The maximum absolute atomic E-state index is 5.82. The van der Waals surface area contributed by atoms with Gasteiger partial charge >= 0.3 is 0 Å². The summed E-state index contributed by atoms with van der Waals surface area (Å²) in [4.78, 5) is 0.271. The van der Waals surface area contributed by atoms with Gasteiger partial charge < -0.3 is 4.74 Å². The molecule has 1 aliphatic rings. The van der Waals surface area contributed by atoms with Crippen molar-refractivity contribution < 1.29 is 4.74 Å². The first-order chi connectivity index (χ1) is 9.65. The molecule has 0 amide bonds. The van der Waals surface area contributed by atoms with Crippen LogP contribution in [0.4, 0.5) is 0 Å². The van der Waals surface area contributed by atoms with E-state index in [4.69, 9.17) is 4.74 Å². The minimum Gasteiger partial charge on any atom is -0.493 e. The van der Waals surface area contributed by atoms with Crippen molar-refractivity contribution in [2.45, 2.75) is 24.6 Å². The first kappa shape index (κ1) is 14.2. The fraction of sp³-hybridized carbons (Fsp3) is 0.294. The second kappa shape index (κ2) is 5.90. The van der Waals surface area contributed by atoms with Gasteiger partial charge in [-0.25, -0.2) is 0 Å². The first-order valence-electron chi connectivity index (χ1n) is 6.79. The summed E-state index contributed by atoms with van der Waals surface area (Å²) in [7, 11) is 0. The number of halogens is 2. The Morgan fingerprint density at radius 3 is 2.85 bits per heavy atom. The summed E-state index contributed by atoms with van der Waals surface area (Å²) in [6, 6.07) is 12.9. The molecule has 1 heterocycles. The second-order valence-corrected chi connectivity index (χ2v) is 7.20. The van der Waals surface area contributed by atoms with Crippen LogP contribution in [0.2, 0.25) is 0 Å². The molecule has 104 valence electrons. The number of fused-ring (bicyclic) bond motifs is 1. The van der Waals surface area contributed by atoms with E-state index in [1.807, 2.05) is 0 Å². The molecule has 0 aliphatic carbocycles. The lowest BCUT2D eigenvalue weighted by molar-refractivity contribution is 0.353. The van der Waals surface area contributed by atoms with Crippen molar-refractivity contribution in [1.29, 1.82) is 0 Å². The number of alkyl halides is 1. The maximum Gasteiger partial charge on any atom is 0.127 e. The van der Waals surface area contributed by atoms with Gasteiger partial charge in [-0.05, 0) is 42.2 Å². The van der Waals surface area contributed by atoms with Crippen LogP contribution in [0.3, 0.4) is 0 Å². The van der Waals surface area contributed by atoms with Gasteiger partial charge in [0.15, 0.2) is 0 Å². The summed E-state index contributed by atoms with van der Waals surface area (Å²) in [5.74, 6) is 1.07. The number of ether oxygens (including phenoxy) is 1. The van der Waals surface area contributed by atoms with Crippen LogP contribution >= 0.6 is 31.9 Å². The van der Waals surface area contributed by atoms with Crippen molar-refractivity contribution in [2.75, 3.05) is 6.61 Å². The highest BCUT2D eigenvalue weighted by Crippen LogP contribution is 2.41. The summed E-state index contributed by atoms with van der Waals surface area (Å²) >= 11 is 7.45. The molecule has 0 bridgehead atoms. The predicted octanol–water partition coefficient (Wildman–Crippen LogP) is 5.37. The third kappa shape index (κ3) is 2.79. The molecule has 2 aromatic carbocycles. The van der Waals surface area contributed by atoms with Crippen molar-refractivity contribution in [3.63, 3.8) is 0 Å². The van der Waals surface area contributed by atoms with Crippen molar-refractivity contribution in [3.05, 3.63) is 63.1 Å². The Kier molecular flexibility index (Phi) is 4.18. The van der Waals surface area contributed by atoms with Crippen LogP contribution in [0.15, 0.2) is 40.9 Å². The largest absolute Gasteiger partial charge is 0.493 e. The van der Waals surface area contributed by atoms with Crippen LogP contribution in [-0.2, 0) is 12.8 Å². The van der Waals surface area contributed by atoms with Crippen LogP contribution in [-0.4, -0.2) is 6.61 Å². The first-order valence-corrected chi connectivity index (χ1v) is 8.49. The van der Waals surface area contributed by atoms with Gasteiger partial charge in [-0.3, -0.25) is 0 Å². The van der Waals surface area contributed by atoms with E-state index in [0.717, 1.165) is 29.7 Å². The SMILES string of the molecule is Cc1ccccc1CC(Br)c1cc(Br)cc2c1OCC2. The van der Waals surface area contributed by atoms with E-state index >= 15 is 0 Å². The highest BCUT2D eigenvalue weighted by atomic mass is 79.9. The lowest BCUT2D eigenvalue weighted by atomic mass is 9.98. The molecule has 0 fully saturated rings. The standard InChI is InChI=1S/C17H16Br2O/c1-11-4-2-3-5-12(11)9-16(19)15-10-14(18)8-13-6-7-20-17(13)15/h2-5,8,10,16H,6-7,9H2,1H3. The molecule has 0 saturated carbocycles. The average Bonchev–Trinajstić information content (AvgIpc) is 2.88. The van der Waals surface area contributed by atoms with Crippen molar-refractivity contribution in [3.8, 4) is 5.75 Å². The summed E-state index contributed by atoms with van der Waals surface area (Å²) in [5, 5.41) is 0. The van der Waals surface area contributed by atoms with E-state index in [9.17, 15) is 0 Å². The van der Waals surface area contributed by atoms with E-state index in [1.54, 1.807) is 0 Å². The molecular weight excluding hydrogens is 380 g/mol. The van der Waals surface area contributed by atoms with E-state index in [1.165, 1.54) is 22.3 Å². The Morgan fingerprint density at radius 1 is 1.25 bits per heavy atom. The van der Waals surface area contributed by atoms with Crippen LogP contribution in [0.5, 0.6) is 5.75 Å². The zero-order valence-electron chi connectivity index (χ0n) is 11.3. The number of hydrogen-bond donors (Lipinski definition) is 0. The molecule has 0 aromatic heterocycles. The zero-order valence-corrected chi connectivity index (χ0v) is 14.5. The van der Waals surface area contributed by atoms with Gasteiger partial charge in [-0.1, -0.05) is 56.1 Å². The topological polar surface area (TPSA) is 9.23 Å². The maximum atomic E-state index is 5.82. The molecule has 0 radical (unpaired) electrons. The van der Waals surface area contributed by atoms with E-state index in [2.05, 4.69) is 75.2 Å². The Balaban J connectivity index is 1.92. The number of benzene rings is 2. The van der Waals surface area contributed by atoms with Crippen molar-refractivity contribution in [1.82, 2.24) is 0 Å².